The Bertz CT molecular complexity index is 988. The molecule has 1 aromatic carbocycles. The van der Waals surface area contributed by atoms with E-state index in [0.717, 1.165) is 6.07 Å². The van der Waals surface area contributed by atoms with E-state index >= 15 is 0 Å². The van der Waals surface area contributed by atoms with Crippen LogP contribution in [0.15, 0.2) is 18.2 Å². The molecule has 0 bridgehead atoms. The van der Waals surface area contributed by atoms with Crippen molar-refractivity contribution in [1.82, 2.24) is 19.7 Å². The fourth-order valence-electron chi connectivity index (χ4n) is 2.77. The van der Waals surface area contributed by atoms with Crippen molar-refractivity contribution in [3.8, 4) is 11.3 Å². The monoisotopic (exact) mass is 374 g/mol. The SMILES string of the molecule is CC(C)CNc1nc(-c2ccc(F)cc2F)c2c(N)n(C(C)(C)C)nc2n1. The number of halogens is 2. The molecule has 0 spiro atoms. The average Bonchev–Trinajstić information content (AvgIpc) is 2.89. The number of anilines is 2. The van der Waals surface area contributed by atoms with Gasteiger partial charge in [0.25, 0.3) is 0 Å². The van der Waals surface area contributed by atoms with Gasteiger partial charge in [-0.3, -0.25) is 0 Å². The largest absolute Gasteiger partial charge is 0.383 e. The summed E-state index contributed by atoms with van der Waals surface area (Å²) in [4.78, 5) is 8.92. The number of hydrogen-bond donors (Lipinski definition) is 2. The molecule has 0 atom stereocenters. The van der Waals surface area contributed by atoms with Crippen LogP contribution in [0.1, 0.15) is 34.6 Å². The summed E-state index contributed by atoms with van der Waals surface area (Å²) in [6.07, 6.45) is 0. The fraction of sp³-hybridized carbons (Fsp3) is 0.421. The Kier molecular flexibility index (Phi) is 4.75. The van der Waals surface area contributed by atoms with Crippen molar-refractivity contribution in [3.63, 3.8) is 0 Å². The van der Waals surface area contributed by atoms with Crippen molar-refractivity contribution < 1.29 is 8.78 Å². The van der Waals surface area contributed by atoms with Crippen LogP contribution in [0.25, 0.3) is 22.3 Å². The molecule has 0 aliphatic rings. The molecule has 0 amide bonds. The van der Waals surface area contributed by atoms with Crippen molar-refractivity contribution in [3.05, 3.63) is 29.8 Å². The van der Waals surface area contributed by atoms with Gasteiger partial charge in [-0.15, -0.1) is 5.10 Å². The Morgan fingerprint density at radius 1 is 1.19 bits per heavy atom. The summed E-state index contributed by atoms with van der Waals surface area (Å²) in [5, 5.41) is 8.09. The van der Waals surface area contributed by atoms with Crippen molar-refractivity contribution in [1.29, 1.82) is 0 Å². The van der Waals surface area contributed by atoms with Gasteiger partial charge in [-0.25, -0.2) is 18.4 Å². The highest BCUT2D eigenvalue weighted by molar-refractivity contribution is 5.99. The van der Waals surface area contributed by atoms with Gasteiger partial charge >= 0.3 is 0 Å². The summed E-state index contributed by atoms with van der Waals surface area (Å²) in [7, 11) is 0. The molecule has 8 heteroatoms. The van der Waals surface area contributed by atoms with E-state index in [4.69, 9.17) is 5.73 Å². The molecule has 0 saturated carbocycles. The van der Waals surface area contributed by atoms with Gasteiger partial charge in [-0.2, -0.15) is 4.98 Å². The van der Waals surface area contributed by atoms with Crippen molar-refractivity contribution in [2.75, 3.05) is 17.6 Å². The molecule has 2 heterocycles. The lowest BCUT2D eigenvalue weighted by atomic mass is 10.1. The van der Waals surface area contributed by atoms with E-state index in [2.05, 4.69) is 34.2 Å². The van der Waals surface area contributed by atoms with E-state index in [1.165, 1.54) is 12.1 Å². The Morgan fingerprint density at radius 3 is 2.48 bits per heavy atom. The van der Waals surface area contributed by atoms with Gasteiger partial charge in [-0.05, 0) is 38.8 Å². The van der Waals surface area contributed by atoms with Crippen LogP contribution in [0, 0.1) is 17.6 Å². The van der Waals surface area contributed by atoms with E-state index in [1.54, 1.807) is 4.68 Å². The number of nitrogens with one attached hydrogen (secondary N) is 1. The van der Waals surface area contributed by atoms with E-state index in [-0.39, 0.29) is 11.3 Å². The molecule has 0 fully saturated rings. The van der Waals surface area contributed by atoms with Gasteiger partial charge in [-0.1, -0.05) is 13.8 Å². The van der Waals surface area contributed by atoms with E-state index in [9.17, 15) is 8.78 Å². The van der Waals surface area contributed by atoms with Crippen LogP contribution in [0.2, 0.25) is 0 Å². The predicted octanol–water partition coefficient (Wildman–Crippen LogP) is 4.18. The molecule has 3 aromatic rings. The Hall–Kier alpha value is -2.77. The molecule has 6 nitrogen and oxygen atoms in total. The maximum absolute atomic E-state index is 14.5. The number of rotatable bonds is 4. The van der Waals surface area contributed by atoms with Gasteiger partial charge < -0.3 is 11.1 Å². The summed E-state index contributed by atoms with van der Waals surface area (Å²) in [6.45, 7) is 10.6. The molecule has 0 radical (unpaired) electrons. The van der Waals surface area contributed by atoms with Crippen LogP contribution in [-0.2, 0) is 5.54 Å². The zero-order valence-electron chi connectivity index (χ0n) is 16.1. The molecular weight excluding hydrogens is 350 g/mol. The Balaban J connectivity index is 2.29. The number of fused-ring (bicyclic) bond motifs is 1. The molecule has 27 heavy (non-hydrogen) atoms. The number of benzene rings is 1. The zero-order valence-corrected chi connectivity index (χ0v) is 16.1. The minimum Gasteiger partial charge on any atom is -0.383 e. The number of hydrogen-bond acceptors (Lipinski definition) is 5. The van der Waals surface area contributed by atoms with Gasteiger partial charge in [0.2, 0.25) is 5.95 Å². The third-order valence-electron chi connectivity index (χ3n) is 4.06. The summed E-state index contributed by atoms with van der Waals surface area (Å²) in [5.74, 6) is -0.335. The van der Waals surface area contributed by atoms with Crippen LogP contribution in [0.3, 0.4) is 0 Å². The van der Waals surface area contributed by atoms with Crippen LogP contribution >= 0.6 is 0 Å². The highest BCUT2D eigenvalue weighted by Gasteiger charge is 2.25. The Labute approximate surface area is 156 Å². The van der Waals surface area contributed by atoms with Gasteiger partial charge in [0, 0.05) is 18.2 Å². The normalized spacial score (nSPS) is 12.1. The summed E-state index contributed by atoms with van der Waals surface area (Å²) >= 11 is 0. The quantitative estimate of drug-likeness (QED) is 0.716. The standard InChI is InChI=1S/C19H24F2N6/c1-10(2)9-23-18-24-15(12-7-6-11(20)8-13(12)21)14-16(22)27(19(3,4)5)26-17(14)25-18/h6-8,10H,9,22H2,1-5H3,(H,23,25,26). The van der Waals surface area contributed by atoms with Crippen molar-refractivity contribution >= 4 is 22.8 Å². The second kappa shape index (κ2) is 6.75. The molecule has 0 aliphatic heterocycles. The maximum Gasteiger partial charge on any atom is 0.225 e. The van der Waals surface area contributed by atoms with Crippen LogP contribution in [-0.4, -0.2) is 26.3 Å². The third kappa shape index (κ3) is 3.70. The molecule has 3 N–H and O–H groups in total. The second-order valence-electron chi connectivity index (χ2n) is 7.96. The lowest BCUT2D eigenvalue weighted by molar-refractivity contribution is 0.364. The van der Waals surface area contributed by atoms with Gasteiger partial charge in [0.15, 0.2) is 5.65 Å². The van der Waals surface area contributed by atoms with E-state index < -0.39 is 17.2 Å². The highest BCUT2D eigenvalue weighted by atomic mass is 19.1. The summed E-state index contributed by atoms with van der Waals surface area (Å²) < 4.78 is 29.5. The lowest BCUT2D eigenvalue weighted by Crippen LogP contribution is -2.24. The number of nitrogens with two attached hydrogens (primary N) is 1. The second-order valence-corrected chi connectivity index (χ2v) is 7.96. The minimum atomic E-state index is -0.715. The fourth-order valence-corrected chi connectivity index (χ4v) is 2.77. The first-order chi connectivity index (χ1) is 12.6. The molecule has 0 aliphatic carbocycles. The molecule has 0 saturated heterocycles. The summed E-state index contributed by atoms with van der Waals surface area (Å²) in [5.41, 5.74) is 6.73. The minimum absolute atomic E-state index is 0.150. The van der Waals surface area contributed by atoms with Crippen LogP contribution in [0.5, 0.6) is 0 Å². The predicted molar refractivity (Wildman–Crippen MR) is 103 cm³/mol. The average molecular weight is 374 g/mol. The zero-order chi connectivity index (χ0) is 19.9. The molecule has 0 unspecified atom stereocenters. The van der Waals surface area contributed by atoms with E-state index in [0.29, 0.717) is 35.3 Å². The first-order valence-corrected chi connectivity index (χ1v) is 8.84. The lowest BCUT2D eigenvalue weighted by Gasteiger charge is -2.20. The van der Waals surface area contributed by atoms with Crippen molar-refractivity contribution in [2.45, 2.75) is 40.2 Å². The molecule has 2 aromatic heterocycles. The smallest absolute Gasteiger partial charge is 0.225 e. The number of nitrogen functional groups attached to an aromatic ring is 1. The third-order valence-corrected chi connectivity index (χ3v) is 4.06. The summed E-state index contributed by atoms with van der Waals surface area (Å²) in [6, 6.07) is 3.37. The van der Waals surface area contributed by atoms with Crippen molar-refractivity contribution in [2.24, 2.45) is 5.92 Å². The molecular formula is C19H24F2N6. The highest BCUT2D eigenvalue weighted by Crippen LogP contribution is 2.35. The van der Waals surface area contributed by atoms with Crippen LogP contribution in [0.4, 0.5) is 20.5 Å². The van der Waals surface area contributed by atoms with E-state index in [1.807, 2.05) is 20.8 Å². The first kappa shape index (κ1) is 19.0. The van der Waals surface area contributed by atoms with Crippen LogP contribution < -0.4 is 11.1 Å². The first-order valence-electron chi connectivity index (χ1n) is 8.84. The number of aromatic nitrogens is 4. The van der Waals surface area contributed by atoms with Gasteiger partial charge in [0.1, 0.15) is 17.5 Å². The molecule has 144 valence electrons. The number of nitrogens with zero attached hydrogens (tertiary/aromatic N) is 4. The topological polar surface area (TPSA) is 81.6 Å². The molecule has 3 rings (SSSR count). The maximum atomic E-state index is 14.5. The Morgan fingerprint density at radius 2 is 1.89 bits per heavy atom. The van der Waals surface area contributed by atoms with Gasteiger partial charge in [0.05, 0.1) is 16.6 Å².